The number of guanidine groups is 1. The summed E-state index contributed by atoms with van der Waals surface area (Å²) in [5.74, 6) is -0.436. The van der Waals surface area contributed by atoms with Crippen LogP contribution in [0.1, 0.15) is 19.8 Å². The van der Waals surface area contributed by atoms with Crippen molar-refractivity contribution in [2.45, 2.75) is 30.7 Å². The number of carbonyl (C=O) groups excluding carboxylic acids is 1. The maximum atomic E-state index is 13.7. The van der Waals surface area contributed by atoms with Crippen LogP contribution in [0, 0.1) is 5.82 Å². The van der Waals surface area contributed by atoms with Gasteiger partial charge in [-0.25, -0.2) is 12.8 Å². The van der Waals surface area contributed by atoms with Gasteiger partial charge in [0.2, 0.25) is 5.91 Å². The zero-order chi connectivity index (χ0) is 19.2. The number of nitrogens with one attached hydrogen (secondary N) is 2. The van der Waals surface area contributed by atoms with Crippen molar-refractivity contribution < 1.29 is 17.6 Å². The van der Waals surface area contributed by atoms with Crippen LogP contribution in [-0.2, 0) is 14.6 Å². The lowest BCUT2D eigenvalue weighted by molar-refractivity contribution is -0.132. The molecule has 1 fully saturated rings. The van der Waals surface area contributed by atoms with Gasteiger partial charge in [-0.2, -0.15) is 0 Å². The Labute approximate surface area is 176 Å². The molecule has 1 amide bonds. The smallest absolute Gasteiger partial charge is 0.222 e. The minimum atomic E-state index is -3.74. The van der Waals surface area contributed by atoms with Crippen LogP contribution in [0.3, 0.4) is 0 Å². The second-order valence-corrected chi connectivity index (χ2v) is 8.24. The number of carbonyl (C=O) groups is 1. The third-order valence-electron chi connectivity index (χ3n) is 4.11. The maximum absolute atomic E-state index is 13.7. The zero-order valence-corrected chi connectivity index (χ0v) is 18.6. The maximum Gasteiger partial charge on any atom is 0.222 e. The number of aliphatic imine (C=N–C) groups is 1. The molecule has 0 spiro atoms. The molecule has 2 N–H and O–H groups in total. The van der Waals surface area contributed by atoms with E-state index in [0.717, 1.165) is 6.07 Å². The van der Waals surface area contributed by atoms with E-state index in [9.17, 15) is 17.6 Å². The quantitative estimate of drug-likeness (QED) is 0.342. The average molecular weight is 512 g/mol. The van der Waals surface area contributed by atoms with Gasteiger partial charge in [0.05, 0.1) is 12.3 Å². The number of amides is 1. The number of nitrogens with zero attached hydrogens (tertiary/aromatic N) is 2. The van der Waals surface area contributed by atoms with E-state index in [-0.39, 0.29) is 53.1 Å². The van der Waals surface area contributed by atoms with Gasteiger partial charge in [-0.3, -0.25) is 9.79 Å². The number of piperidine rings is 1. The van der Waals surface area contributed by atoms with E-state index in [1.165, 1.54) is 18.2 Å². The first-order valence-corrected chi connectivity index (χ1v) is 10.2. The van der Waals surface area contributed by atoms with Crippen LogP contribution in [0.25, 0.3) is 0 Å². The summed E-state index contributed by atoms with van der Waals surface area (Å²) in [7, 11) is -1.99. The van der Waals surface area contributed by atoms with E-state index in [4.69, 9.17) is 0 Å². The van der Waals surface area contributed by atoms with Gasteiger partial charge in [-0.15, -0.1) is 24.0 Å². The van der Waals surface area contributed by atoms with Gasteiger partial charge in [0, 0.05) is 32.6 Å². The fourth-order valence-electron chi connectivity index (χ4n) is 2.73. The second-order valence-electron chi connectivity index (χ2n) is 6.16. The van der Waals surface area contributed by atoms with Crippen LogP contribution in [0.5, 0.6) is 0 Å². The normalized spacial score (nSPS) is 18.0. The molecular weight excluding hydrogens is 486 g/mol. The molecule has 7 nitrogen and oxygen atoms in total. The monoisotopic (exact) mass is 512 g/mol. The highest BCUT2D eigenvalue weighted by molar-refractivity contribution is 14.0. The van der Waals surface area contributed by atoms with Gasteiger partial charge in [0.15, 0.2) is 15.8 Å². The minimum absolute atomic E-state index is 0. The van der Waals surface area contributed by atoms with E-state index >= 15 is 0 Å². The van der Waals surface area contributed by atoms with Gasteiger partial charge < -0.3 is 15.5 Å². The number of benzene rings is 1. The van der Waals surface area contributed by atoms with E-state index in [1.54, 1.807) is 11.9 Å². The average Bonchev–Trinajstić information content (AvgIpc) is 2.58. The molecule has 152 valence electrons. The number of hydrogen-bond acceptors (Lipinski definition) is 4. The Bertz CT molecular complexity index is 773. The predicted molar refractivity (Wildman–Crippen MR) is 114 cm³/mol. The molecule has 0 bridgehead atoms. The standard InChI is InChI=1S/C17H25FN4O3S.HI/c1-3-19-17(21-13-8-9-16(23)22(2)12-13)20-10-11-26(24,25)15-7-5-4-6-14(15)18;/h4-7,13H,3,8-12H2,1-2H3,(H2,19,20,21);1H. The highest BCUT2D eigenvalue weighted by atomic mass is 127. The van der Waals surface area contributed by atoms with Crippen LogP contribution in [0.15, 0.2) is 34.2 Å². The molecule has 1 atom stereocenters. The molecule has 27 heavy (non-hydrogen) atoms. The molecule has 1 aliphatic heterocycles. The molecule has 0 saturated carbocycles. The van der Waals surface area contributed by atoms with Crippen molar-refractivity contribution in [3.8, 4) is 0 Å². The Balaban J connectivity index is 0.00000364. The highest BCUT2D eigenvalue weighted by Crippen LogP contribution is 2.15. The summed E-state index contributed by atoms with van der Waals surface area (Å²) in [5.41, 5.74) is 0. The highest BCUT2D eigenvalue weighted by Gasteiger charge is 2.23. The van der Waals surface area contributed by atoms with Crippen LogP contribution in [0.2, 0.25) is 0 Å². The van der Waals surface area contributed by atoms with Crippen molar-refractivity contribution in [1.29, 1.82) is 0 Å². The predicted octanol–water partition coefficient (Wildman–Crippen LogP) is 1.39. The first-order chi connectivity index (χ1) is 12.3. The number of sulfone groups is 1. The third kappa shape index (κ3) is 6.91. The summed E-state index contributed by atoms with van der Waals surface area (Å²) in [4.78, 5) is 17.2. The number of halogens is 2. The number of hydrogen-bond donors (Lipinski definition) is 2. The SMILES string of the molecule is CCNC(=NCCS(=O)(=O)c1ccccc1F)NC1CCC(=O)N(C)C1.I. The molecular formula is C17H26FIN4O3S. The molecule has 0 aliphatic carbocycles. The van der Waals surface area contributed by atoms with Crippen molar-refractivity contribution >= 4 is 45.7 Å². The van der Waals surface area contributed by atoms with E-state index in [0.29, 0.717) is 31.9 Å². The van der Waals surface area contributed by atoms with E-state index < -0.39 is 15.7 Å². The summed E-state index contributed by atoms with van der Waals surface area (Å²) >= 11 is 0. The van der Waals surface area contributed by atoms with Gasteiger partial charge in [0.25, 0.3) is 0 Å². The summed E-state index contributed by atoms with van der Waals surface area (Å²) in [5, 5.41) is 6.28. The molecule has 0 radical (unpaired) electrons. The summed E-state index contributed by atoms with van der Waals surface area (Å²) < 4.78 is 38.2. The van der Waals surface area contributed by atoms with Crippen molar-refractivity contribution in [2.75, 3.05) is 32.4 Å². The molecule has 1 heterocycles. The van der Waals surface area contributed by atoms with Crippen LogP contribution in [-0.4, -0.2) is 63.7 Å². The lowest BCUT2D eigenvalue weighted by atomic mass is 10.1. The molecule has 1 unspecified atom stereocenters. The zero-order valence-electron chi connectivity index (χ0n) is 15.4. The Morgan fingerprint density at radius 1 is 1.37 bits per heavy atom. The van der Waals surface area contributed by atoms with Crippen molar-refractivity contribution in [2.24, 2.45) is 4.99 Å². The Kier molecular flexibility index (Phi) is 9.43. The van der Waals surface area contributed by atoms with Crippen LogP contribution >= 0.6 is 24.0 Å². The molecule has 10 heteroatoms. The molecule has 1 aromatic carbocycles. The lowest BCUT2D eigenvalue weighted by Gasteiger charge is -2.31. The topological polar surface area (TPSA) is 90.9 Å². The van der Waals surface area contributed by atoms with Crippen molar-refractivity contribution in [3.05, 3.63) is 30.1 Å². The van der Waals surface area contributed by atoms with E-state index in [1.807, 2.05) is 6.92 Å². The van der Waals surface area contributed by atoms with Gasteiger partial charge in [-0.1, -0.05) is 12.1 Å². The van der Waals surface area contributed by atoms with Crippen LogP contribution < -0.4 is 10.6 Å². The largest absolute Gasteiger partial charge is 0.357 e. The fourth-order valence-corrected chi connectivity index (χ4v) is 3.93. The third-order valence-corrected chi connectivity index (χ3v) is 5.83. The first-order valence-electron chi connectivity index (χ1n) is 8.59. The van der Waals surface area contributed by atoms with Gasteiger partial charge >= 0.3 is 0 Å². The Hall–Kier alpha value is -1.43. The number of rotatable bonds is 6. The molecule has 1 aliphatic rings. The Morgan fingerprint density at radius 3 is 2.70 bits per heavy atom. The van der Waals surface area contributed by atoms with Crippen molar-refractivity contribution in [1.82, 2.24) is 15.5 Å². The number of likely N-dealkylation sites (N-methyl/N-ethyl adjacent to an activating group) is 1. The van der Waals surface area contributed by atoms with Crippen LogP contribution in [0.4, 0.5) is 4.39 Å². The molecule has 1 aromatic rings. The molecule has 0 aromatic heterocycles. The van der Waals surface area contributed by atoms with Crippen molar-refractivity contribution in [3.63, 3.8) is 0 Å². The lowest BCUT2D eigenvalue weighted by Crippen LogP contribution is -2.51. The molecule has 2 rings (SSSR count). The molecule has 1 saturated heterocycles. The summed E-state index contributed by atoms with van der Waals surface area (Å²) in [6.45, 7) is 3.10. The van der Waals surface area contributed by atoms with Gasteiger partial charge in [-0.05, 0) is 25.5 Å². The Morgan fingerprint density at radius 2 is 2.07 bits per heavy atom. The fraction of sp³-hybridized carbons (Fsp3) is 0.529. The first kappa shape index (κ1) is 23.6. The minimum Gasteiger partial charge on any atom is -0.357 e. The number of likely N-dealkylation sites (tertiary alicyclic amines) is 1. The second kappa shape index (κ2) is 10.8. The van der Waals surface area contributed by atoms with E-state index in [2.05, 4.69) is 15.6 Å². The summed E-state index contributed by atoms with van der Waals surface area (Å²) in [6, 6.07) is 5.38. The van der Waals surface area contributed by atoms with Gasteiger partial charge in [0.1, 0.15) is 10.7 Å². The summed E-state index contributed by atoms with van der Waals surface area (Å²) in [6.07, 6.45) is 1.16.